The molecule has 1 aromatic heterocycles. The minimum Gasteiger partial charge on any atom is -0.334 e. The average Bonchev–Trinajstić information content (AvgIpc) is 3.21. The Morgan fingerprint density at radius 1 is 1.00 bits per heavy atom. The monoisotopic (exact) mass is 359 g/mol. The first-order valence-corrected chi connectivity index (χ1v) is 7.85. The van der Waals surface area contributed by atoms with Gasteiger partial charge in [0.2, 0.25) is 5.91 Å². The summed E-state index contributed by atoms with van der Waals surface area (Å²) in [5, 5.41) is 3.89. The van der Waals surface area contributed by atoms with Crippen molar-refractivity contribution in [1.29, 1.82) is 0 Å². The molecule has 1 fully saturated rings. The molecule has 1 amide bonds. The summed E-state index contributed by atoms with van der Waals surface area (Å²) in [6, 6.07) is 8.52. The molecule has 0 radical (unpaired) electrons. The highest BCUT2D eigenvalue weighted by Crippen LogP contribution is 2.32. The van der Waals surface area contributed by atoms with Crippen molar-refractivity contribution in [2.75, 3.05) is 11.4 Å². The standard InChI is InChI=1S/C18H12F3N3O2/c19-12-3-1-10(2-4-12)18-22-17(23-26-18)11-5-16(25)24(9-11)15-7-13(20)6-14(21)8-15/h1-4,6-8,11H,5,9H2. The molecule has 1 unspecified atom stereocenters. The number of carbonyl (C=O) groups is 1. The van der Waals surface area contributed by atoms with E-state index in [-0.39, 0.29) is 42.2 Å². The minimum atomic E-state index is -0.755. The van der Waals surface area contributed by atoms with Crippen molar-refractivity contribution in [1.82, 2.24) is 10.1 Å². The Kier molecular flexibility index (Phi) is 3.95. The van der Waals surface area contributed by atoms with Crippen molar-refractivity contribution < 1.29 is 22.5 Å². The number of hydrogen-bond donors (Lipinski definition) is 0. The van der Waals surface area contributed by atoms with Gasteiger partial charge in [-0.3, -0.25) is 4.79 Å². The molecule has 0 spiro atoms. The number of aromatic nitrogens is 2. The molecule has 0 saturated carbocycles. The van der Waals surface area contributed by atoms with Gasteiger partial charge in [-0.2, -0.15) is 4.98 Å². The van der Waals surface area contributed by atoms with E-state index in [9.17, 15) is 18.0 Å². The lowest BCUT2D eigenvalue weighted by atomic mass is 10.1. The first kappa shape index (κ1) is 16.3. The molecule has 0 aliphatic carbocycles. The highest BCUT2D eigenvalue weighted by molar-refractivity contribution is 5.96. The second-order valence-corrected chi connectivity index (χ2v) is 6.00. The fraction of sp³-hybridized carbons (Fsp3) is 0.167. The number of anilines is 1. The van der Waals surface area contributed by atoms with Crippen LogP contribution in [0.4, 0.5) is 18.9 Å². The maximum Gasteiger partial charge on any atom is 0.257 e. The molecule has 26 heavy (non-hydrogen) atoms. The number of hydrogen-bond acceptors (Lipinski definition) is 4. The quantitative estimate of drug-likeness (QED) is 0.716. The van der Waals surface area contributed by atoms with E-state index >= 15 is 0 Å². The molecular formula is C18H12F3N3O2. The lowest BCUT2D eigenvalue weighted by Gasteiger charge is -2.16. The van der Waals surface area contributed by atoms with E-state index in [1.807, 2.05) is 0 Å². The van der Waals surface area contributed by atoms with E-state index in [0.29, 0.717) is 11.4 Å². The zero-order chi connectivity index (χ0) is 18.3. The number of benzene rings is 2. The molecule has 4 rings (SSSR count). The predicted octanol–water partition coefficient (Wildman–Crippen LogP) is 3.67. The van der Waals surface area contributed by atoms with Crippen LogP contribution in [0.1, 0.15) is 18.2 Å². The fourth-order valence-electron chi connectivity index (χ4n) is 2.94. The van der Waals surface area contributed by atoms with E-state index in [1.54, 1.807) is 0 Å². The third-order valence-corrected chi connectivity index (χ3v) is 4.18. The third kappa shape index (κ3) is 3.05. The van der Waals surface area contributed by atoms with Gasteiger partial charge < -0.3 is 9.42 Å². The summed E-state index contributed by atoms with van der Waals surface area (Å²) in [7, 11) is 0. The van der Waals surface area contributed by atoms with Gasteiger partial charge in [0.25, 0.3) is 5.89 Å². The summed E-state index contributed by atoms with van der Waals surface area (Å²) in [6.07, 6.45) is 0.0977. The van der Waals surface area contributed by atoms with Crippen molar-refractivity contribution in [2.24, 2.45) is 0 Å². The summed E-state index contributed by atoms with van der Waals surface area (Å²) in [5.74, 6) is -2.02. The van der Waals surface area contributed by atoms with E-state index in [0.717, 1.165) is 18.2 Å². The maximum absolute atomic E-state index is 13.4. The second-order valence-electron chi connectivity index (χ2n) is 6.00. The van der Waals surface area contributed by atoms with Crippen LogP contribution in [0.15, 0.2) is 47.0 Å². The van der Waals surface area contributed by atoms with Gasteiger partial charge in [-0.25, -0.2) is 13.2 Å². The van der Waals surface area contributed by atoms with Crippen LogP contribution >= 0.6 is 0 Å². The highest BCUT2D eigenvalue weighted by atomic mass is 19.1. The third-order valence-electron chi connectivity index (χ3n) is 4.18. The number of nitrogens with zero attached hydrogens (tertiary/aromatic N) is 3. The van der Waals surface area contributed by atoms with Crippen molar-refractivity contribution in [3.05, 3.63) is 65.7 Å². The van der Waals surface area contributed by atoms with Gasteiger partial charge in [-0.1, -0.05) is 5.16 Å². The normalized spacial score (nSPS) is 17.1. The van der Waals surface area contributed by atoms with Gasteiger partial charge in [0, 0.05) is 36.2 Å². The lowest BCUT2D eigenvalue weighted by molar-refractivity contribution is -0.117. The summed E-state index contributed by atoms with van der Waals surface area (Å²) >= 11 is 0. The van der Waals surface area contributed by atoms with Crippen molar-refractivity contribution >= 4 is 11.6 Å². The Bertz CT molecular complexity index is 952. The fourth-order valence-corrected chi connectivity index (χ4v) is 2.94. The molecule has 3 aromatic rings. The van der Waals surface area contributed by atoms with Gasteiger partial charge in [0.1, 0.15) is 17.5 Å². The van der Waals surface area contributed by atoms with Crippen LogP contribution in [0.3, 0.4) is 0 Å². The minimum absolute atomic E-state index is 0.0977. The largest absolute Gasteiger partial charge is 0.334 e. The SMILES string of the molecule is O=C1CC(c2noc(-c3ccc(F)cc3)n2)CN1c1cc(F)cc(F)c1. The molecule has 132 valence electrons. The summed E-state index contributed by atoms with van der Waals surface area (Å²) in [5.41, 5.74) is 0.704. The molecule has 1 aliphatic heterocycles. The van der Waals surface area contributed by atoms with E-state index in [1.165, 1.54) is 29.2 Å². The molecule has 2 heterocycles. The zero-order valence-electron chi connectivity index (χ0n) is 13.3. The molecule has 0 bridgehead atoms. The zero-order valence-corrected chi connectivity index (χ0v) is 13.3. The Morgan fingerprint density at radius 3 is 2.38 bits per heavy atom. The van der Waals surface area contributed by atoms with E-state index < -0.39 is 11.6 Å². The number of carbonyl (C=O) groups excluding carboxylic acids is 1. The summed E-state index contributed by atoms with van der Waals surface area (Å²) in [4.78, 5) is 17.8. The second kappa shape index (κ2) is 6.29. The van der Waals surface area contributed by atoms with E-state index in [4.69, 9.17) is 4.52 Å². The van der Waals surface area contributed by atoms with Crippen LogP contribution in [0.2, 0.25) is 0 Å². The molecule has 0 N–H and O–H groups in total. The molecule has 1 atom stereocenters. The number of amides is 1. The van der Waals surface area contributed by atoms with Crippen LogP contribution in [-0.4, -0.2) is 22.6 Å². The van der Waals surface area contributed by atoms with Crippen LogP contribution in [0.5, 0.6) is 0 Å². The number of halogens is 3. The Balaban J connectivity index is 1.56. The lowest BCUT2D eigenvalue weighted by Crippen LogP contribution is -2.24. The van der Waals surface area contributed by atoms with Gasteiger partial charge in [0.15, 0.2) is 5.82 Å². The van der Waals surface area contributed by atoms with Gasteiger partial charge in [0.05, 0.1) is 0 Å². The first-order valence-electron chi connectivity index (χ1n) is 7.85. The first-order chi connectivity index (χ1) is 12.5. The molecule has 1 aliphatic rings. The summed E-state index contributed by atoms with van der Waals surface area (Å²) in [6.45, 7) is 0.185. The molecule has 8 heteroatoms. The van der Waals surface area contributed by atoms with Crippen LogP contribution in [0, 0.1) is 17.5 Å². The van der Waals surface area contributed by atoms with Crippen molar-refractivity contribution in [3.8, 4) is 11.5 Å². The topological polar surface area (TPSA) is 59.2 Å². The Hall–Kier alpha value is -3.16. The predicted molar refractivity (Wildman–Crippen MR) is 85.8 cm³/mol. The Labute approximate surface area is 146 Å². The molecule has 1 saturated heterocycles. The van der Waals surface area contributed by atoms with Gasteiger partial charge in [-0.15, -0.1) is 0 Å². The number of rotatable bonds is 3. The maximum atomic E-state index is 13.4. The highest BCUT2D eigenvalue weighted by Gasteiger charge is 2.35. The van der Waals surface area contributed by atoms with E-state index in [2.05, 4.69) is 10.1 Å². The van der Waals surface area contributed by atoms with Crippen molar-refractivity contribution in [3.63, 3.8) is 0 Å². The average molecular weight is 359 g/mol. The van der Waals surface area contributed by atoms with Crippen molar-refractivity contribution in [2.45, 2.75) is 12.3 Å². The molecule has 5 nitrogen and oxygen atoms in total. The molecule has 2 aromatic carbocycles. The van der Waals surface area contributed by atoms with Crippen LogP contribution in [-0.2, 0) is 4.79 Å². The van der Waals surface area contributed by atoms with Gasteiger partial charge >= 0.3 is 0 Å². The van der Waals surface area contributed by atoms with Gasteiger partial charge in [-0.05, 0) is 36.4 Å². The summed E-state index contributed by atoms with van der Waals surface area (Å²) < 4.78 is 45.0. The smallest absolute Gasteiger partial charge is 0.257 e. The van der Waals surface area contributed by atoms with Crippen LogP contribution < -0.4 is 4.90 Å². The van der Waals surface area contributed by atoms with Crippen LogP contribution in [0.25, 0.3) is 11.5 Å². The Morgan fingerprint density at radius 2 is 1.69 bits per heavy atom. The molecular weight excluding hydrogens is 347 g/mol.